The molecule has 0 atom stereocenters. The maximum atomic E-state index is 10.4. The van der Waals surface area contributed by atoms with Gasteiger partial charge in [-0.15, -0.1) is 0 Å². The molecule has 18 heavy (non-hydrogen) atoms. The number of carbonyl (C=O) groups is 1. The van der Waals surface area contributed by atoms with Crippen molar-refractivity contribution in [3.63, 3.8) is 0 Å². The van der Waals surface area contributed by atoms with Gasteiger partial charge in [-0.05, 0) is 25.7 Å². The quantitative estimate of drug-likeness (QED) is 0.726. The minimum Gasteiger partial charge on any atom is -0.480 e. The molecule has 0 radical (unpaired) electrons. The van der Waals surface area contributed by atoms with E-state index in [1.54, 1.807) is 0 Å². The highest BCUT2D eigenvalue weighted by Gasteiger charge is 2.24. The number of likely N-dealkylation sites (tertiary alicyclic amines) is 1. The van der Waals surface area contributed by atoms with Crippen molar-refractivity contribution in [3.05, 3.63) is 0 Å². The molecule has 1 rings (SSSR count). The molecule has 1 fully saturated rings. The van der Waals surface area contributed by atoms with Crippen LogP contribution in [0.2, 0.25) is 0 Å². The van der Waals surface area contributed by atoms with Gasteiger partial charge < -0.3 is 14.7 Å². The normalized spacial score (nSPS) is 18.4. The molecular weight excluding hydrogens is 230 g/mol. The Kier molecular flexibility index (Phi) is 7.28. The van der Waals surface area contributed by atoms with Crippen LogP contribution in [0.4, 0.5) is 0 Å². The highest BCUT2D eigenvalue weighted by atomic mass is 16.5. The molecule has 1 heterocycles. The fraction of sp³-hybridized carbons (Fsp3) is 0.929. The van der Waals surface area contributed by atoms with E-state index in [1.165, 1.54) is 25.7 Å². The molecule has 0 bridgehead atoms. The first-order valence-corrected chi connectivity index (χ1v) is 7.24. The van der Waals surface area contributed by atoms with Crippen LogP contribution in [0.5, 0.6) is 0 Å². The Labute approximate surface area is 110 Å². The number of nitrogens with zero attached hydrogens (tertiary/aromatic N) is 1. The molecule has 0 aromatic rings. The van der Waals surface area contributed by atoms with Gasteiger partial charge in [-0.1, -0.05) is 26.7 Å². The highest BCUT2D eigenvalue weighted by Crippen LogP contribution is 2.20. The first kappa shape index (κ1) is 15.4. The molecule has 1 aliphatic rings. The van der Waals surface area contributed by atoms with Crippen molar-refractivity contribution in [2.75, 3.05) is 19.7 Å². The summed E-state index contributed by atoms with van der Waals surface area (Å²) in [6.07, 6.45) is 7.10. The molecule has 1 N–H and O–H groups in total. The van der Waals surface area contributed by atoms with Crippen molar-refractivity contribution in [1.29, 1.82) is 0 Å². The number of hydrogen-bond acceptors (Lipinski definition) is 3. The van der Waals surface area contributed by atoms with Gasteiger partial charge in [0.1, 0.15) is 6.61 Å². The van der Waals surface area contributed by atoms with Crippen LogP contribution in [0.3, 0.4) is 0 Å². The lowest BCUT2D eigenvalue weighted by atomic mass is 10.00. The highest BCUT2D eigenvalue weighted by molar-refractivity contribution is 5.68. The van der Waals surface area contributed by atoms with Gasteiger partial charge in [-0.25, -0.2) is 4.79 Å². The summed E-state index contributed by atoms with van der Waals surface area (Å²) in [7, 11) is 0. The maximum Gasteiger partial charge on any atom is 0.329 e. The lowest BCUT2D eigenvalue weighted by Crippen LogP contribution is -2.43. The Morgan fingerprint density at radius 1 is 1.28 bits per heavy atom. The largest absolute Gasteiger partial charge is 0.480 e. The lowest BCUT2D eigenvalue weighted by molar-refractivity contribution is -0.145. The molecular formula is C14H27NO3. The van der Waals surface area contributed by atoms with E-state index in [0.29, 0.717) is 6.04 Å². The third-order valence-corrected chi connectivity index (χ3v) is 3.68. The predicted octanol–water partition coefficient (Wildman–Crippen LogP) is 2.52. The van der Waals surface area contributed by atoms with Crippen LogP contribution >= 0.6 is 0 Å². The molecule has 0 aromatic carbocycles. The summed E-state index contributed by atoms with van der Waals surface area (Å²) in [6.45, 7) is 6.43. The average molecular weight is 257 g/mol. The summed E-state index contributed by atoms with van der Waals surface area (Å²) >= 11 is 0. The number of piperidine rings is 1. The molecule has 0 aliphatic carbocycles. The topological polar surface area (TPSA) is 49.8 Å². The molecule has 0 unspecified atom stereocenters. The van der Waals surface area contributed by atoms with E-state index in [0.717, 1.165) is 25.9 Å². The second-order valence-electron chi connectivity index (χ2n) is 5.17. The first-order chi connectivity index (χ1) is 8.67. The van der Waals surface area contributed by atoms with E-state index in [2.05, 4.69) is 18.7 Å². The number of carboxylic acid groups (broad SMARTS) is 1. The van der Waals surface area contributed by atoms with E-state index < -0.39 is 5.97 Å². The minimum atomic E-state index is -0.868. The van der Waals surface area contributed by atoms with Gasteiger partial charge in [0.05, 0.1) is 6.10 Å². The summed E-state index contributed by atoms with van der Waals surface area (Å²) in [5, 5.41) is 8.59. The summed E-state index contributed by atoms with van der Waals surface area (Å²) in [5.74, 6) is -0.868. The number of ether oxygens (including phenoxy) is 1. The van der Waals surface area contributed by atoms with Crippen LogP contribution in [0.25, 0.3) is 0 Å². The summed E-state index contributed by atoms with van der Waals surface area (Å²) in [5.41, 5.74) is 0. The molecule has 4 nitrogen and oxygen atoms in total. The molecule has 1 saturated heterocycles. The molecule has 0 saturated carbocycles. The number of hydrogen-bond donors (Lipinski definition) is 1. The Morgan fingerprint density at radius 3 is 2.28 bits per heavy atom. The maximum absolute atomic E-state index is 10.4. The number of aliphatic carboxylic acids is 1. The van der Waals surface area contributed by atoms with Crippen molar-refractivity contribution < 1.29 is 14.6 Å². The van der Waals surface area contributed by atoms with Gasteiger partial charge in [0, 0.05) is 19.1 Å². The number of carboxylic acids is 1. The van der Waals surface area contributed by atoms with Crippen molar-refractivity contribution in [1.82, 2.24) is 4.90 Å². The zero-order chi connectivity index (χ0) is 13.4. The van der Waals surface area contributed by atoms with Crippen LogP contribution < -0.4 is 0 Å². The Balaban J connectivity index is 2.30. The van der Waals surface area contributed by atoms with Crippen LogP contribution in [0, 0.1) is 0 Å². The zero-order valence-electron chi connectivity index (χ0n) is 11.7. The van der Waals surface area contributed by atoms with Crippen molar-refractivity contribution in [2.45, 2.75) is 64.5 Å². The van der Waals surface area contributed by atoms with E-state index in [1.807, 2.05) is 0 Å². The fourth-order valence-corrected chi connectivity index (χ4v) is 2.77. The molecule has 4 heteroatoms. The molecule has 0 amide bonds. The van der Waals surface area contributed by atoms with Gasteiger partial charge in [-0.3, -0.25) is 0 Å². The van der Waals surface area contributed by atoms with Crippen LogP contribution in [0.15, 0.2) is 0 Å². The van der Waals surface area contributed by atoms with Crippen LogP contribution in [-0.2, 0) is 9.53 Å². The first-order valence-electron chi connectivity index (χ1n) is 7.24. The van der Waals surface area contributed by atoms with Crippen molar-refractivity contribution >= 4 is 5.97 Å². The predicted molar refractivity (Wildman–Crippen MR) is 71.8 cm³/mol. The van der Waals surface area contributed by atoms with E-state index >= 15 is 0 Å². The summed E-state index contributed by atoms with van der Waals surface area (Å²) in [4.78, 5) is 13.0. The van der Waals surface area contributed by atoms with Crippen molar-refractivity contribution in [3.8, 4) is 0 Å². The van der Waals surface area contributed by atoms with Gasteiger partial charge in [0.25, 0.3) is 0 Å². The standard InChI is InChI=1S/C14H27NO3/c1-3-5-12(6-4-2)15-9-7-13(8-10-15)18-11-14(16)17/h12-13H,3-11H2,1-2H3,(H,16,17). The Morgan fingerprint density at radius 2 is 1.83 bits per heavy atom. The van der Waals surface area contributed by atoms with E-state index in [9.17, 15) is 4.79 Å². The van der Waals surface area contributed by atoms with E-state index in [4.69, 9.17) is 9.84 Å². The average Bonchev–Trinajstić information content (AvgIpc) is 2.37. The van der Waals surface area contributed by atoms with Crippen LogP contribution in [-0.4, -0.2) is 47.8 Å². The molecule has 0 spiro atoms. The Bertz CT molecular complexity index is 231. The van der Waals surface area contributed by atoms with Gasteiger partial charge >= 0.3 is 5.97 Å². The fourth-order valence-electron chi connectivity index (χ4n) is 2.77. The number of rotatable bonds is 8. The lowest BCUT2D eigenvalue weighted by Gasteiger charge is -2.37. The molecule has 1 aliphatic heterocycles. The smallest absolute Gasteiger partial charge is 0.329 e. The Hall–Kier alpha value is -0.610. The third-order valence-electron chi connectivity index (χ3n) is 3.68. The van der Waals surface area contributed by atoms with Crippen molar-refractivity contribution in [2.24, 2.45) is 0 Å². The third kappa shape index (κ3) is 5.36. The summed E-state index contributed by atoms with van der Waals surface area (Å²) < 4.78 is 5.37. The zero-order valence-corrected chi connectivity index (χ0v) is 11.7. The van der Waals surface area contributed by atoms with Gasteiger partial charge in [0.15, 0.2) is 0 Å². The monoisotopic (exact) mass is 257 g/mol. The minimum absolute atomic E-state index is 0.140. The molecule has 0 aromatic heterocycles. The molecule has 106 valence electrons. The van der Waals surface area contributed by atoms with E-state index in [-0.39, 0.29) is 12.7 Å². The van der Waals surface area contributed by atoms with Gasteiger partial charge in [0.2, 0.25) is 0 Å². The second-order valence-corrected chi connectivity index (χ2v) is 5.17. The summed E-state index contributed by atoms with van der Waals surface area (Å²) in [6, 6.07) is 0.709. The van der Waals surface area contributed by atoms with Crippen LogP contribution in [0.1, 0.15) is 52.4 Å². The second kappa shape index (κ2) is 8.48. The SMILES string of the molecule is CCCC(CCC)N1CCC(OCC(=O)O)CC1. The van der Waals surface area contributed by atoms with Gasteiger partial charge in [-0.2, -0.15) is 0 Å².